The number of rotatable bonds is 15. The van der Waals surface area contributed by atoms with E-state index in [1.807, 2.05) is 20.8 Å². The smallest absolute Gasteiger partial charge is 0.407 e. The Kier molecular flexibility index (Phi) is 12.0. The van der Waals surface area contributed by atoms with Crippen molar-refractivity contribution in [3.05, 3.63) is 29.8 Å². The molecule has 12 nitrogen and oxygen atoms in total. The van der Waals surface area contributed by atoms with Crippen molar-refractivity contribution in [3.8, 4) is 0 Å². The van der Waals surface area contributed by atoms with E-state index < -0.39 is 63.5 Å². The van der Waals surface area contributed by atoms with E-state index in [9.17, 15) is 32.7 Å². The van der Waals surface area contributed by atoms with E-state index in [0.717, 1.165) is 31.2 Å². The van der Waals surface area contributed by atoms with E-state index in [0.29, 0.717) is 32.2 Å². The molecular formula is C34H52N4O8S. The number of nitrogens with zero attached hydrogens (tertiary/aromatic N) is 2. The van der Waals surface area contributed by atoms with Crippen molar-refractivity contribution < 1.29 is 37.4 Å². The van der Waals surface area contributed by atoms with Crippen molar-refractivity contribution in [2.75, 3.05) is 26.2 Å². The Morgan fingerprint density at radius 2 is 1.77 bits per heavy atom. The number of carbonyl (C=O) groups excluding carboxylic acids is 3. The highest BCUT2D eigenvalue weighted by atomic mass is 32.2. The number of likely N-dealkylation sites (tertiary alicyclic amines) is 1. The first-order chi connectivity index (χ1) is 22.2. The molecule has 3 amide bonds. The van der Waals surface area contributed by atoms with E-state index in [2.05, 4.69) is 17.6 Å². The summed E-state index contributed by atoms with van der Waals surface area (Å²) in [6.45, 7) is 7.81. The van der Waals surface area contributed by atoms with Crippen LogP contribution in [0.25, 0.3) is 0 Å². The minimum atomic E-state index is -3.77. The highest BCUT2D eigenvalue weighted by Gasteiger charge is 2.61. The highest BCUT2D eigenvalue weighted by Crippen LogP contribution is 2.47. The number of unbranched alkanes of at least 4 members (excludes halogenated alkanes) is 5. The molecule has 1 saturated heterocycles. The van der Waals surface area contributed by atoms with Crippen molar-refractivity contribution >= 4 is 33.9 Å². The maximum absolute atomic E-state index is 13.3. The molecule has 13 heteroatoms. The second kappa shape index (κ2) is 15.4. The van der Waals surface area contributed by atoms with Crippen LogP contribution in [0.2, 0.25) is 0 Å². The fourth-order valence-corrected chi connectivity index (χ4v) is 8.40. The quantitative estimate of drug-likeness (QED) is 0.234. The van der Waals surface area contributed by atoms with Gasteiger partial charge in [0.1, 0.15) is 24.2 Å². The summed E-state index contributed by atoms with van der Waals surface area (Å²) in [5.74, 6) is -2.13. The number of sulfonamides is 1. The van der Waals surface area contributed by atoms with E-state index >= 15 is 0 Å². The first kappa shape index (κ1) is 36.6. The molecule has 1 aromatic carbocycles. The molecule has 4 atom stereocenters. The van der Waals surface area contributed by atoms with Gasteiger partial charge >= 0.3 is 12.1 Å². The molecule has 0 aromatic heterocycles. The standard InChI is InChI=1S/C34H52N4O8S/c1-5-6-7-8-9-10-15-25-21-34(25,31(41)42)36-30(40)26-16-13-19-38(26)29(39)22-35-32(43)46-28(33(2,3)4)23-37-20-18-24-14-11-12-17-27(24)47(37,44)45/h11-12,14,17,25-26,28H,5-10,13,15-16,18-23H2,1-4H3,(H,35,43)(H,36,40)(H,41,42)/t25?,26-,28?,34+/m0/s1. The lowest BCUT2D eigenvalue weighted by Crippen LogP contribution is -2.54. The van der Waals surface area contributed by atoms with Crippen LogP contribution in [0, 0.1) is 11.3 Å². The zero-order valence-corrected chi connectivity index (χ0v) is 29.1. The van der Waals surface area contributed by atoms with Gasteiger partial charge in [0.15, 0.2) is 0 Å². The predicted molar refractivity (Wildman–Crippen MR) is 176 cm³/mol. The molecule has 1 saturated carbocycles. The summed E-state index contributed by atoms with van der Waals surface area (Å²) in [5, 5.41) is 15.2. The molecular weight excluding hydrogens is 624 g/mol. The molecule has 2 unspecified atom stereocenters. The van der Waals surface area contributed by atoms with Crippen LogP contribution in [0.3, 0.4) is 0 Å². The van der Waals surface area contributed by atoms with Gasteiger partial charge in [-0.3, -0.25) is 9.59 Å². The van der Waals surface area contributed by atoms with Crippen LogP contribution >= 0.6 is 0 Å². The fourth-order valence-electron chi connectivity index (χ4n) is 6.71. The van der Waals surface area contributed by atoms with Gasteiger partial charge in [-0.05, 0) is 49.7 Å². The lowest BCUT2D eigenvalue weighted by Gasteiger charge is -2.36. The molecule has 3 N–H and O–H groups in total. The zero-order valence-electron chi connectivity index (χ0n) is 28.3. The summed E-state index contributed by atoms with van der Waals surface area (Å²) in [4.78, 5) is 53.2. The third kappa shape index (κ3) is 8.84. The molecule has 0 radical (unpaired) electrons. The van der Waals surface area contributed by atoms with Gasteiger partial charge in [0.2, 0.25) is 21.8 Å². The molecule has 2 fully saturated rings. The molecule has 3 aliphatic rings. The maximum atomic E-state index is 13.3. The normalized spacial score (nSPS) is 24.2. The van der Waals surface area contributed by atoms with Crippen LogP contribution in [0.5, 0.6) is 0 Å². The molecule has 262 valence electrons. The van der Waals surface area contributed by atoms with E-state index in [-0.39, 0.29) is 23.9 Å². The molecule has 1 aliphatic carbocycles. The number of nitrogens with one attached hydrogen (secondary N) is 2. The molecule has 0 spiro atoms. The fraction of sp³-hybridized carbons (Fsp3) is 0.706. The van der Waals surface area contributed by atoms with Gasteiger partial charge < -0.3 is 25.4 Å². The maximum Gasteiger partial charge on any atom is 0.407 e. The summed E-state index contributed by atoms with van der Waals surface area (Å²) >= 11 is 0. The van der Waals surface area contributed by atoms with Gasteiger partial charge in [-0.1, -0.05) is 84.4 Å². The first-order valence-corrected chi connectivity index (χ1v) is 18.5. The van der Waals surface area contributed by atoms with Crippen molar-refractivity contribution in [3.63, 3.8) is 0 Å². The van der Waals surface area contributed by atoms with Gasteiger partial charge in [-0.15, -0.1) is 0 Å². The Morgan fingerprint density at radius 3 is 2.47 bits per heavy atom. The number of fused-ring (bicyclic) bond motifs is 1. The number of hydrogen-bond donors (Lipinski definition) is 3. The van der Waals surface area contributed by atoms with Crippen molar-refractivity contribution in [1.82, 2.24) is 19.8 Å². The number of carboxylic acids is 1. The summed E-state index contributed by atoms with van der Waals surface area (Å²) in [5.41, 5.74) is -1.14. The molecule has 2 aliphatic heterocycles. The molecule has 1 aromatic rings. The number of carbonyl (C=O) groups is 4. The lowest BCUT2D eigenvalue weighted by molar-refractivity contribution is -0.145. The van der Waals surface area contributed by atoms with Gasteiger partial charge in [-0.2, -0.15) is 4.31 Å². The van der Waals surface area contributed by atoms with Crippen molar-refractivity contribution in [2.24, 2.45) is 11.3 Å². The lowest BCUT2D eigenvalue weighted by atomic mass is 9.89. The van der Waals surface area contributed by atoms with Crippen molar-refractivity contribution in [1.29, 1.82) is 0 Å². The average Bonchev–Trinajstić information content (AvgIpc) is 3.47. The Hall–Kier alpha value is -3.19. The predicted octanol–water partition coefficient (Wildman–Crippen LogP) is 4.08. The van der Waals surface area contributed by atoms with E-state index in [1.54, 1.807) is 24.3 Å². The summed E-state index contributed by atoms with van der Waals surface area (Å²) in [7, 11) is -3.77. The minimum absolute atomic E-state index is 0.0406. The number of amides is 3. The van der Waals surface area contributed by atoms with Gasteiger partial charge in [0.05, 0.1) is 11.4 Å². The summed E-state index contributed by atoms with van der Waals surface area (Å²) < 4.78 is 33.6. The Labute approximate surface area is 279 Å². The van der Waals surface area contributed by atoms with Crippen LogP contribution in [-0.4, -0.2) is 90.5 Å². The second-order valence-corrected chi connectivity index (χ2v) is 16.2. The molecule has 47 heavy (non-hydrogen) atoms. The van der Waals surface area contributed by atoms with Crippen LogP contribution in [-0.2, 0) is 35.6 Å². The monoisotopic (exact) mass is 676 g/mol. The van der Waals surface area contributed by atoms with Gasteiger partial charge in [0.25, 0.3) is 0 Å². The van der Waals surface area contributed by atoms with Crippen LogP contribution < -0.4 is 10.6 Å². The van der Waals surface area contributed by atoms with Crippen LogP contribution in [0.1, 0.15) is 97.5 Å². The number of aliphatic carboxylic acids is 1. The largest absolute Gasteiger partial charge is 0.479 e. The minimum Gasteiger partial charge on any atom is -0.479 e. The number of ether oxygens (including phenoxy) is 1. The topological polar surface area (TPSA) is 162 Å². The Morgan fingerprint density at radius 1 is 1.06 bits per heavy atom. The van der Waals surface area contributed by atoms with Gasteiger partial charge in [0, 0.05) is 18.5 Å². The van der Waals surface area contributed by atoms with Crippen LogP contribution in [0.15, 0.2) is 29.2 Å². The third-order valence-corrected chi connectivity index (χ3v) is 11.8. The SMILES string of the molecule is CCCCCCCCC1C[C@]1(NC(=O)[C@@H]1CCCN1C(=O)CNC(=O)OC(CN1CCc2ccccc2S1(=O)=O)C(C)(C)C)C(=O)O. The molecule has 2 heterocycles. The summed E-state index contributed by atoms with van der Waals surface area (Å²) in [6.07, 6.45) is 7.61. The summed E-state index contributed by atoms with van der Waals surface area (Å²) in [6, 6.07) is 6.04. The average molecular weight is 677 g/mol. The highest BCUT2D eigenvalue weighted by molar-refractivity contribution is 7.89. The van der Waals surface area contributed by atoms with Crippen molar-refractivity contribution in [2.45, 2.75) is 121 Å². The number of alkyl carbamates (subject to hydrolysis) is 1. The van der Waals surface area contributed by atoms with E-state index in [1.165, 1.54) is 28.5 Å². The third-order valence-electron chi connectivity index (χ3n) is 9.80. The number of benzene rings is 1. The number of carboxylic acid groups (broad SMARTS) is 1. The first-order valence-electron chi connectivity index (χ1n) is 17.1. The molecule has 0 bridgehead atoms. The van der Waals surface area contributed by atoms with Gasteiger partial charge in [-0.25, -0.2) is 18.0 Å². The Balaban J connectivity index is 1.28. The number of hydrogen-bond acceptors (Lipinski definition) is 7. The molecule has 4 rings (SSSR count). The van der Waals surface area contributed by atoms with Crippen LogP contribution in [0.4, 0.5) is 4.79 Å². The second-order valence-electron chi connectivity index (χ2n) is 14.3. The zero-order chi connectivity index (χ0) is 34.4. The Bertz CT molecular complexity index is 1410. The van der Waals surface area contributed by atoms with E-state index in [4.69, 9.17) is 4.74 Å².